The number of benzene rings is 2. The summed E-state index contributed by atoms with van der Waals surface area (Å²) in [5, 5.41) is 11.2. The van der Waals surface area contributed by atoms with Crippen LogP contribution >= 0.6 is 0 Å². The van der Waals surface area contributed by atoms with Crippen LogP contribution in [0.5, 0.6) is 0 Å². The number of halogens is 1. The molecule has 0 spiro atoms. The number of aryl methyl sites for hydroxylation is 1. The highest BCUT2D eigenvalue weighted by molar-refractivity contribution is 5.92. The normalized spacial score (nSPS) is 9.85. The van der Waals surface area contributed by atoms with E-state index in [1.54, 1.807) is 43.3 Å². The van der Waals surface area contributed by atoms with Gasteiger partial charge in [-0.05, 0) is 42.3 Å². The fraction of sp³-hybridized carbons (Fsp3) is 0.125. The number of carbonyl (C=O) groups is 1. The van der Waals surface area contributed by atoms with E-state index in [2.05, 4.69) is 5.32 Å². The summed E-state index contributed by atoms with van der Waals surface area (Å²) in [5.41, 5.74) is 2.29. The monoisotopic (exact) mass is 268 g/mol. The number of carbonyl (C=O) groups excluding carboxylic acids is 1. The van der Waals surface area contributed by atoms with Gasteiger partial charge in [-0.25, -0.2) is 4.39 Å². The van der Waals surface area contributed by atoms with Gasteiger partial charge < -0.3 is 5.32 Å². The van der Waals surface area contributed by atoms with Crippen molar-refractivity contribution in [1.29, 1.82) is 5.26 Å². The predicted octanol–water partition coefficient (Wildman–Crippen LogP) is 3.19. The number of hydrogen-bond donors (Lipinski definition) is 1. The van der Waals surface area contributed by atoms with Crippen molar-refractivity contribution in [1.82, 2.24) is 0 Å². The van der Waals surface area contributed by atoms with E-state index in [-0.39, 0.29) is 18.0 Å². The minimum atomic E-state index is -0.446. The Bertz CT molecular complexity index is 672. The van der Waals surface area contributed by atoms with E-state index in [0.717, 1.165) is 11.1 Å². The van der Waals surface area contributed by atoms with Crippen molar-refractivity contribution >= 4 is 11.6 Å². The molecule has 2 aromatic carbocycles. The van der Waals surface area contributed by atoms with Crippen molar-refractivity contribution in [2.75, 3.05) is 5.32 Å². The first-order valence-electron chi connectivity index (χ1n) is 6.13. The molecule has 1 amide bonds. The Morgan fingerprint density at radius 1 is 1.25 bits per heavy atom. The molecule has 4 heteroatoms. The van der Waals surface area contributed by atoms with Gasteiger partial charge >= 0.3 is 0 Å². The van der Waals surface area contributed by atoms with Crippen LogP contribution in [0.3, 0.4) is 0 Å². The Labute approximate surface area is 116 Å². The smallest absolute Gasteiger partial charge is 0.228 e. The molecule has 0 fully saturated rings. The first kappa shape index (κ1) is 13.8. The molecule has 2 rings (SSSR count). The summed E-state index contributed by atoms with van der Waals surface area (Å²) in [7, 11) is 0. The molecule has 0 bridgehead atoms. The summed E-state index contributed by atoms with van der Waals surface area (Å²) in [6.07, 6.45) is 0.138. The number of rotatable bonds is 3. The molecule has 0 aliphatic rings. The second-order valence-corrected chi connectivity index (χ2v) is 4.52. The zero-order valence-corrected chi connectivity index (χ0v) is 11.0. The van der Waals surface area contributed by atoms with Crippen LogP contribution in [0.2, 0.25) is 0 Å². The lowest BCUT2D eigenvalue weighted by Crippen LogP contribution is -2.15. The van der Waals surface area contributed by atoms with Gasteiger partial charge in [0.15, 0.2) is 0 Å². The molecule has 0 unspecified atom stereocenters. The van der Waals surface area contributed by atoms with Crippen LogP contribution in [0.25, 0.3) is 0 Å². The summed E-state index contributed by atoms with van der Waals surface area (Å²) >= 11 is 0. The maximum Gasteiger partial charge on any atom is 0.228 e. The number of nitrogens with one attached hydrogen (secondary N) is 1. The Kier molecular flexibility index (Phi) is 4.11. The lowest BCUT2D eigenvalue weighted by atomic mass is 10.1. The van der Waals surface area contributed by atoms with Crippen LogP contribution in [0.4, 0.5) is 10.1 Å². The molecule has 1 N–H and O–H groups in total. The van der Waals surface area contributed by atoms with Gasteiger partial charge in [0.05, 0.1) is 23.7 Å². The van der Waals surface area contributed by atoms with Crippen molar-refractivity contribution in [3.63, 3.8) is 0 Å². The molecule has 3 nitrogen and oxygen atoms in total. The molecule has 20 heavy (non-hydrogen) atoms. The first-order chi connectivity index (χ1) is 9.58. The lowest BCUT2D eigenvalue weighted by Gasteiger charge is -2.07. The van der Waals surface area contributed by atoms with Crippen LogP contribution in [0.1, 0.15) is 16.7 Å². The van der Waals surface area contributed by atoms with Gasteiger partial charge in [0.1, 0.15) is 5.82 Å². The van der Waals surface area contributed by atoms with Crippen molar-refractivity contribution < 1.29 is 9.18 Å². The van der Waals surface area contributed by atoms with Gasteiger partial charge in [0.2, 0.25) is 5.91 Å². The summed E-state index contributed by atoms with van der Waals surface area (Å²) in [6.45, 7) is 1.78. The van der Waals surface area contributed by atoms with E-state index >= 15 is 0 Å². The average Bonchev–Trinajstić information content (AvgIpc) is 2.43. The third-order valence-corrected chi connectivity index (χ3v) is 2.85. The molecule has 0 heterocycles. The van der Waals surface area contributed by atoms with Gasteiger partial charge in [-0.3, -0.25) is 4.79 Å². The Morgan fingerprint density at radius 3 is 2.55 bits per heavy atom. The van der Waals surface area contributed by atoms with E-state index < -0.39 is 5.82 Å². The molecular formula is C16H13FN2O. The zero-order chi connectivity index (χ0) is 14.5. The van der Waals surface area contributed by atoms with E-state index in [9.17, 15) is 9.18 Å². The van der Waals surface area contributed by atoms with Crippen LogP contribution in [-0.4, -0.2) is 5.91 Å². The predicted molar refractivity (Wildman–Crippen MR) is 74.6 cm³/mol. The minimum absolute atomic E-state index is 0.138. The summed E-state index contributed by atoms with van der Waals surface area (Å²) in [4.78, 5) is 11.8. The highest BCUT2D eigenvalue weighted by Crippen LogP contribution is 2.15. The largest absolute Gasteiger partial charge is 0.323 e. The van der Waals surface area contributed by atoms with E-state index in [0.29, 0.717) is 5.56 Å². The molecular weight excluding hydrogens is 255 g/mol. The lowest BCUT2D eigenvalue weighted by molar-refractivity contribution is -0.115. The van der Waals surface area contributed by atoms with Crippen LogP contribution in [0.15, 0.2) is 42.5 Å². The number of hydrogen-bond acceptors (Lipinski definition) is 2. The Hall–Kier alpha value is -2.67. The van der Waals surface area contributed by atoms with Crippen molar-refractivity contribution in [3.8, 4) is 6.07 Å². The van der Waals surface area contributed by atoms with Crippen LogP contribution in [-0.2, 0) is 11.2 Å². The molecule has 0 aliphatic carbocycles. The maximum absolute atomic E-state index is 13.6. The Balaban J connectivity index is 2.03. The van der Waals surface area contributed by atoms with Crippen LogP contribution < -0.4 is 5.32 Å². The highest BCUT2D eigenvalue weighted by Gasteiger charge is 2.08. The van der Waals surface area contributed by atoms with Crippen molar-refractivity contribution in [3.05, 3.63) is 65.0 Å². The quantitative estimate of drug-likeness (QED) is 0.929. The summed E-state index contributed by atoms with van der Waals surface area (Å²) in [5.74, 6) is -0.740. The van der Waals surface area contributed by atoms with Gasteiger partial charge in [-0.15, -0.1) is 0 Å². The molecule has 0 atom stereocenters. The van der Waals surface area contributed by atoms with Crippen LogP contribution in [0, 0.1) is 24.1 Å². The molecule has 0 saturated carbocycles. The Morgan fingerprint density at radius 2 is 1.95 bits per heavy atom. The summed E-state index contributed by atoms with van der Waals surface area (Å²) in [6, 6.07) is 13.4. The minimum Gasteiger partial charge on any atom is -0.323 e. The topological polar surface area (TPSA) is 52.9 Å². The molecule has 2 aromatic rings. The number of nitrogens with zero attached hydrogens (tertiary/aromatic N) is 1. The second-order valence-electron chi connectivity index (χ2n) is 4.52. The number of nitriles is 1. The van der Waals surface area contributed by atoms with E-state index in [4.69, 9.17) is 5.26 Å². The molecule has 0 aromatic heterocycles. The van der Waals surface area contributed by atoms with Crippen molar-refractivity contribution in [2.24, 2.45) is 0 Å². The SMILES string of the molecule is Cc1ccc(NC(=O)Cc2ccc(C#N)cc2)c(F)c1. The third kappa shape index (κ3) is 3.42. The zero-order valence-electron chi connectivity index (χ0n) is 11.0. The van der Waals surface area contributed by atoms with Crippen molar-refractivity contribution in [2.45, 2.75) is 13.3 Å². The molecule has 0 radical (unpaired) electrons. The molecule has 0 aliphatic heterocycles. The van der Waals surface area contributed by atoms with Gasteiger partial charge in [0, 0.05) is 0 Å². The fourth-order valence-electron chi connectivity index (χ4n) is 1.80. The highest BCUT2D eigenvalue weighted by atomic mass is 19.1. The molecule has 0 saturated heterocycles. The van der Waals surface area contributed by atoms with Gasteiger partial charge in [0.25, 0.3) is 0 Å². The van der Waals surface area contributed by atoms with E-state index in [1.165, 1.54) is 6.07 Å². The third-order valence-electron chi connectivity index (χ3n) is 2.85. The average molecular weight is 268 g/mol. The fourth-order valence-corrected chi connectivity index (χ4v) is 1.80. The number of amides is 1. The summed E-state index contributed by atoms with van der Waals surface area (Å²) < 4.78 is 13.6. The standard InChI is InChI=1S/C16H13FN2O/c1-11-2-7-15(14(17)8-11)19-16(20)9-12-3-5-13(10-18)6-4-12/h2-8H,9H2,1H3,(H,19,20). The second kappa shape index (κ2) is 5.98. The number of anilines is 1. The molecule has 100 valence electrons. The van der Waals surface area contributed by atoms with E-state index in [1.807, 2.05) is 6.07 Å². The first-order valence-corrected chi connectivity index (χ1v) is 6.13. The van der Waals surface area contributed by atoms with Gasteiger partial charge in [-0.1, -0.05) is 18.2 Å². The maximum atomic E-state index is 13.6. The van der Waals surface area contributed by atoms with Gasteiger partial charge in [-0.2, -0.15) is 5.26 Å².